The minimum absolute atomic E-state index is 0.0630. The Labute approximate surface area is 213 Å². The van der Waals surface area contributed by atoms with E-state index in [-0.39, 0.29) is 25.1 Å². The number of nitrogens with one attached hydrogen (secondary N) is 1. The predicted molar refractivity (Wildman–Crippen MR) is 129 cm³/mol. The zero-order valence-electron chi connectivity index (χ0n) is 19.2. The fourth-order valence-corrected chi connectivity index (χ4v) is 4.61. The maximum Gasteiger partial charge on any atom is 0.416 e. The Morgan fingerprint density at radius 2 is 1.83 bits per heavy atom. The number of alkyl halides is 3. The number of thiophene rings is 1. The van der Waals surface area contributed by atoms with Gasteiger partial charge in [0, 0.05) is 17.8 Å². The van der Waals surface area contributed by atoms with Crippen LogP contribution in [0.4, 0.5) is 17.6 Å². The monoisotopic (exact) mass is 543 g/mol. The van der Waals surface area contributed by atoms with Crippen molar-refractivity contribution in [1.82, 2.24) is 5.32 Å². The lowest BCUT2D eigenvalue weighted by atomic mass is 9.99. The van der Waals surface area contributed by atoms with Crippen molar-refractivity contribution in [2.24, 2.45) is 0 Å². The van der Waals surface area contributed by atoms with Crippen molar-refractivity contribution >= 4 is 34.8 Å². The average Bonchev–Trinajstić information content (AvgIpc) is 3.22. The van der Waals surface area contributed by atoms with Gasteiger partial charge in [0.05, 0.1) is 21.6 Å². The number of hydrogen-bond donors (Lipinski definition) is 2. The summed E-state index contributed by atoms with van der Waals surface area (Å²) in [7, 11) is 0. The summed E-state index contributed by atoms with van der Waals surface area (Å²) in [5.74, 6) is -3.31. The quantitative estimate of drug-likeness (QED) is 0.299. The number of carboxylic acid groups (broad SMARTS) is 1. The van der Waals surface area contributed by atoms with E-state index in [1.807, 2.05) is 0 Å². The molecule has 1 atom stereocenters. The molecule has 0 fully saturated rings. The minimum atomic E-state index is -4.74. The molecular weight excluding hydrogens is 522 g/mol. The number of ether oxygens (including phenoxy) is 1. The first-order chi connectivity index (χ1) is 16.8. The van der Waals surface area contributed by atoms with Crippen LogP contribution in [-0.4, -0.2) is 29.2 Å². The van der Waals surface area contributed by atoms with Gasteiger partial charge in [0.25, 0.3) is 5.91 Å². The summed E-state index contributed by atoms with van der Waals surface area (Å²) in [6.07, 6.45) is -6.07. The molecule has 3 aromatic rings. The van der Waals surface area contributed by atoms with Crippen molar-refractivity contribution in [1.29, 1.82) is 0 Å². The molecule has 11 heteroatoms. The lowest BCUT2D eigenvalue weighted by Crippen LogP contribution is -2.29. The number of halogens is 5. The third kappa shape index (κ3) is 7.05. The van der Waals surface area contributed by atoms with Gasteiger partial charge in [-0.25, -0.2) is 9.18 Å². The molecular formula is C25H22ClF4NO4S. The van der Waals surface area contributed by atoms with E-state index in [0.717, 1.165) is 10.9 Å². The molecule has 1 unspecified atom stereocenters. The molecule has 0 spiro atoms. The molecule has 36 heavy (non-hydrogen) atoms. The Balaban J connectivity index is 1.87. The Hall–Kier alpha value is -2.95. The van der Waals surface area contributed by atoms with Gasteiger partial charge in [-0.3, -0.25) is 4.79 Å². The van der Waals surface area contributed by atoms with Crippen LogP contribution in [0.15, 0.2) is 48.5 Å². The summed E-state index contributed by atoms with van der Waals surface area (Å²) in [5, 5.41) is 12.0. The number of aliphatic carboxylic acids is 1. The van der Waals surface area contributed by atoms with Gasteiger partial charge < -0.3 is 15.2 Å². The zero-order chi connectivity index (χ0) is 26.6. The predicted octanol–water partition coefficient (Wildman–Crippen LogP) is 6.58. The summed E-state index contributed by atoms with van der Waals surface area (Å²) >= 11 is 7.35. The van der Waals surface area contributed by atoms with E-state index in [0.29, 0.717) is 27.1 Å². The lowest BCUT2D eigenvalue weighted by molar-refractivity contribution is -0.153. The highest BCUT2D eigenvalue weighted by Gasteiger charge is 2.31. The van der Waals surface area contributed by atoms with Crippen LogP contribution >= 0.6 is 22.9 Å². The van der Waals surface area contributed by atoms with E-state index in [2.05, 4.69) is 5.32 Å². The van der Waals surface area contributed by atoms with E-state index in [1.54, 1.807) is 44.2 Å². The second-order valence-electron chi connectivity index (χ2n) is 8.19. The fraction of sp³-hybridized carbons (Fsp3) is 0.280. The summed E-state index contributed by atoms with van der Waals surface area (Å²) in [6.45, 7) is 3.35. The van der Waals surface area contributed by atoms with Gasteiger partial charge in [-0.15, -0.1) is 11.3 Å². The Kier molecular flexibility index (Phi) is 8.76. The summed E-state index contributed by atoms with van der Waals surface area (Å²) < 4.78 is 58.7. The molecule has 192 valence electrons. The third-order valence-electron chi connectivity index (χ3n) is 5.12. The molecule has 0 aliphatic carbocycles. The van der Waals surface area contributed by atoms with Crippen LogP contribution < -0.4 is 5.32 Å². The van der Waals surface area contributed by atoms with Gasteiger partial charge >= 0.3 is 12.1 Å². The van der Waals surface area contributed by atoms with Crippen molar-refractivity contribution < 1.29 is 37.0 Å². The SMILES string of the molecule is CC(C)OC(Cc1ccc(-c2ccc(Cl)s2)c(CNC(=O)c2ccc(C(F)(F)F)cc2F)c1)C(=O)O. The highest BCUT2D eigenvalue weighted by molar-refractivity contribution is 7.19. The van der Waals surface area contributed by atoms with E-state index < -0.39 is 41.1 Å². The van der Waals surface area contributed by atoms with Gasteiger partial charge in [-0.1, -0.05) is 29.8 Å². The fourth-order valence-electron chi connectivity index (χ4n) is 3.50. The molecule has 3 rings (SSSR count). The van der Waals surface area contributed by atoms with Crippen LogP contribution in [0.5, 0.6) is 0 Å². The van der Waals surface area contributed by atoms with Crippen LogP contribution in [0.1, 0.15) is 40.9 Å². The van der Waals surface area contributed by atoms with Crippen molar-refractivity contribution in [3.63, 3.8) is 0 Å². The van der Waals surface area contributed by atoms with Gasteiger partial charge in [0.2, 0.25) is 0 Å². The molecule has 1 amide bonds. The minimum Gasteiger partial charge on any atom is -0.479 e. The molecule has 0 saturated heterocycles. The molecule has 1 aromatic heterocycles. The molecule has 0 aliphatic heterocycles. The van der Waals surface area contributed by atoms with Crippen molar-refractivity contribution in [2.45, 2.75) is 45.2 Å². The van der Waals surface area contributed by atoms with Crippen molar-refractivity contribution in [3.05, 3.63) is 80.9 Å². The Bertz CT molecular complexity index is 1260. The number of carboxylic acids is 1. The molecule has 2 aromatic carbocycles. The van der Waals surface area contributed by atoms with E-state index in [1.165, 1.54) is 11.3 Å². The van der Waals surface area contributed by atoms with E-state index in [9.17, 15) is 32.3 Å². The van der Waals surface area contributed by atoms with Gasteiger partial charge in [0.1, 0.15) is 5.82 Å². The lowest BCUT2D eigenvalue weighted by Gasteiger charge is -2.18. The van der Waals surface area contributed by atoms with Crippen LogP contribution in [0.25, 0.3) is 10.4 Å². The largest absolute Gasteiger partial charge is 0.479 e. The molecule has 1 heterocycles. The van der Waals surface area contributed by atoms with Crippen molar-refractivity contribution in [3.8, 4) is 10.4 Å². The van der Waals surface area contributed by atoms with Crippen LogP contribution in [-0.2, 0) is 28.7 Å². The highest BCUT2D eigenvalue weighted by atomic mass is 35.5. The molecule has 2 N–H and O–H groups in total. The van der Waals surface area contributed by atoms with Crippen molar-refractivity contribution in [2.75, 3.05) is 0 Å². The molecule has 0 aliphatic rings. The number of amides is 1. The van der Waals surface area contributed by atoms with Gasteiger partial charge in [-0.05, 0) is 60.9 Å². The standard InChI is InChI=1S/C25H22ClF4NO4S/c1-13(2)35-20(24(33)34)10-14-3-5-17(21-7-8-22(26)36-21)15(9-14)12-31-23(32)18-6-4-16(11-19(18)27)25(28,29)30/h3-9,11,13,20H,10,12H2,1-2H3,(H,31,32)(H,33,34). The first kappa shape index (κ1) is 27.6. The topological polar surface area (TPSA) is 75.6 Å². The number of carbonyl (C=O) groups excluding carboxylic acids is 1. The molecule has 0 saturated carbocycles. The number of rotatable bonds is 9. The number of benzene rings is 2. The van der Waals surface area contributed by atoms with Gasteiger partial charge in [0.15, 0.2) is 6.10 Å². The first-order valence-corrected chi connectivity index (χ1v) is 11.9. The van der Waals surface area contributed by atoms with Crippen LogP contribution in [0.3, 0.4) is 0 Å². The first-order valence-electron chi connectivity index (χ1n) is 10.8. The third-order valence-corrected chi connectivity index (χ3v) is 6.39. The summed E-state index contributed by atoms with van der Waals surface area (Å²) in [6, 6.07) is 10.4. The normalized spacial score (nSPS) is 12.6. The number of carbonyl (C=O) groups is 2. The summed E-state index contributed by atoms with van der Waals surface area (Å²) in [4.78, 5) is 25.0. The summed E-state index contributed by atoms with van der Waals surface area (Å²) in [5.41, 5.74) is 0.189. The second kappa shape index (κ2) is 11.4. The van der Waals surface area contributed by atoms with E-state index in [4.69, 9.17) is 16.3 Å². The molecule has 5 nitrogen and oxygen atoms in total. The van der Waals surface area contributed by atoms with E-state index >= 15 is 0 Å². The second-order valence-corrected chi connectivity index (χ2v) is 9.90. The smallest absolute Gasteiger partial charge is 0.416 e. The van der Waals surface area contributed by atoms with Crippen LogP contribution in [0.2, 0.25) is 4.34 Å². The van der Waals surface area contributed by atoms with Gasteiger partial charge in [-0.2, -0.15) is 13.2 Å². The average molecular weight is 544 g/mol. The molecule has 0 radical (unpaired) electrons. The Morgan fingerprint density at radius 1 is 1.11 bits per heavy atom. The zero-order valence-corrected chi connectivity index (χ0v) is 20.7. The number of hydrogen-bond acceptors (Lipinski definition) is 4. The highest BCUT2D eigenvalue weighted by Crippen LogP contribution is 2.34. The Morgan fingerprint density at radius 3 is 2.39 bits per heavy atom. The maximum absolute atomic E-state index is 14.2. The van der Waals surface area contributed by atoms with Crippen LogP contribution in [0, 0.1) is 5.82 Å². The molecule has 0 bridgehead atoms. The maximum atomic E-state index is 14.2.